The number of aliphatic hydroxyl groups is 1. The predicted octanol–water partition coefficient (Wildman–Crippen LogP) is 3.72. The molecule has 1 saturated heterocycles. The normalized spacial score (nSPS) is 16.4. The topological polar surface area (TPSA) is 115 Å². The Kier molecular flexibility index (Phi) is 4.29. The smallest absolute Gasteiger partial charge is 0.326 e. The molecule has 0 radical (unpaired) electrons. The summed E-state index contributed by atoms with van der Waals surface area (Å²) in [5, 5.41) is 20.7. The highest BCUT2D eigenvalue weighted by atomic mass is 19.1. The van der Waals surface area contributed by atoms with Gasteiger partial charge in [-0.05, 0) is 38.0 Å². The molecule has 1 aliphatic heterocycles. The molecule has 4 N–H and O–H groups in total. The zero-order valence-electron chi connectivity index (χ0n) is 17.4. The lowest BCUT2D eigenvalue weighted by molar-refractivity contribution is 0.141. The molecule has 9 nitrogen and oxygen atoms in total. The molecule has 0 amide bonds. The minimum absolute atomic E-state index is 0.00912. The van der Waals surface area contributed by atoms with E-state index in [0.717, 1.165) is 11.4 Å². The van der Waals surface area contributed by atoms with Gasteiger partial charge in [-0.1, -0.05) is 0 Å². The van der Waals surface area contributed by atoms with Crippen LogP contribution in [-0.4, -0.2) is 49.4 Å². The highest BCUT2D eigenvalue weighted by Crippen LogP contribution is 2.40. The maximum absolute atomic E-state index is 15.0. The summed E-state index contributed by atoms with van der Waals surface area (Å²) in [6.45, 7) is 2.80. The van der Waals surface area contributed by atoms with Crippen LogP contribution in [0.5, 0.6) is 11.8 Å². The Bertz CT molecular complexity index is 1310. The monoisotopic (exact) mass is 435 g/mol. The van der Waals surface area contributed by atoms with E-state index in [0.29, 0.717) is 47.4 Å². The van der Waals surface area contributed by atoms with E-state index in [1.54, 1.807) is 24.3 Å². The zero-order chi connectivity index (χ0) is 21.8. The van der Waals surface area contributed by atoms with Crippen molar-refractivity contribution in [1.82, 2.24) is 25.1 Å². The summed E-state index contributed by atoms with van der Waals surface area (Å²) in [6.07, 6.45) is 1.95. The fourth-order valence-corrected chi connectivity index (χ4v) is 3.93. The molecule has 32 heavy (non-hydrogen) atoms. The number of aromatic amines is 2. The van der Waals surface area contributed by atoms with Crippen molar-refractivity contribution in [2.45, 2.75) is 31.8 Å². The summed E-state index contributed by atoms with van der Waals surface area (Å²) < 4.78 is 20.8. The molecule has 2 fully saturated rings. The van der Waals surface area contributed by atoms with Crippen LogP contribution in [0.1, 0.15) is 30.1 Å². The average molecular weight is 435 g/mol. The third kappa shape index (κ3) is 3.52. The van der Waals surface area contributed by atoms with Gasteiger partial charge in [0.05, 0.1) is 6.10 Å². The Morgan fingerprint density at radius 2 is 2.00 bits per heavy atom. The zero-order valence-corrected chi connectivity index (χ0v) is 17.4. The van der Waals surface area contributed by atoms with Crippen molar-refractivity contribution < 1.29 is 14.2 Å². The van der Waals surface area contributed by atoms with Gasteiger partial charge in [0.15, 0.2) is 17.4 Å². The van der Waals surface area contributed by atoms with Gasteiger partial charge in [0.1, 0.15) is 11.6 Å². The molecular formula is C22H22FN7O2. The largest absolute Gasteiger partial charge is 0.421 e. The first-order chi connectivity index (χ1) is 15.5. The Balaban J connectivity index is 1.32. The number of hydrogen-bond donors (Lipinski definition) is 4. The van der Waals surface area contributed by atoms with Crippen LogP contribution in [0.25, 0.3) is 10.9 Å². The molecule has 0 bridgehead atoms. The van der Waals surface area contributed by atoms with E-state index in [1.807, 2.05) is 17.9 Å². The van der Waals surface area contributed by atoms with Gasteiger partial charge >= 0.3 is 6.01 Å². The Labute approximate surface area is 182 Å². The Morgan fingerprint density at radius 3 is 2.78 bits per heavy atom. The molecule has 3 aromatic heterocycles. The average Bonchev–Trinajstić information content (AvgIpc) is 3.37. The van der Waals surface area contributed by atoms with Gasteiger partial charge in [0, 0.05) is 53.4 Å². The minimum Gasteiger partial charge on any atom is -0.421 e. The number of nitrogens with zero attached hydrogens (tertiary/aromatic N) is 4. The van der Waals surface area contributed by atoms with Gasteiger partial charge in [-0.3, -0.25) is 5.10 Å². The maximum atomic E-state index is 15.0. The van der Waals surface area contributed by atoms with Gasteiger partial charge in [-0.2, -0.15) is 15.1 Å². The molecule has 0 atom stereocenters. The molecule has 10 heteroatoms. The fourth-order valence-electron chi connectivity index (χ4n) is 3.93. The van der Waals surface area contributed by atoms with Crippen molar-refractivity contribution in [3.8, 4) is 11.8 Å². The number of rotatable bonds is 6. The number of hydrogen-bond acceptors (Lipinski definition) is 7. The van der Waals surface area contributed by atoms with Crippen molar-refractivity contribution in [3.63, 3.8) is 0 Å². The molecule has 1 aromatic carbocycles. The first-order valence-electron chi connectivity index (χ1n) is 10.6. The van der Waals surface area contributed by atoms with Crippen LogP contribution in [0.15, 0.2) is 30.3 Å². The Morgan fingerprint density at radius 1 is 1.16 bits per heavy atom. The molecule has 4 heterocycles. The van der Waals surface area contributed by atoms with Gasteiger partial charge in [0.25, 0.3) is 0 Å². The van der Waals surface area contributed by atoms with Crippen molar-refractivity contribution in [2.75, 3.05) is 23.3 Å². The van der Waals surface area contributed by atoms with Crippen LogP contribution in [0.2, 0.25) is 0 Å². The van der Waals surface area contributed by atoms with Crippen LogP contribution in [0, 0.1) is 12.7 Å². The Hall–Kier alpha value is -3.66. The van der Waals surface area contributed by atoms with Gasteiger partial charge in [-0.25, -0.2) is 4.39 Å². The number of aliphatic hydroxyl groups excluding tert-OH is 1. The summed E-state index contributed by atoms with van der Waals surface area (Å²) in [7, 11) is 0. The molecular weight excluding hydrogens is 413 g/mol. The second-order valence-electron chi connectivity index (χ2n) is 8.45. The third-order valence-electron chi connectivity index (χ3n) is 5.79. The molecule has 4 aromatic rings. The number of halogens is 1. The van der Waals surface area contributed by atoms with E-state index in [4.69, 9.17) is 4.74 Å². The van der Waals surface area contributed by atoms with Crippen LogP contribution in [-0.2, 0) is 0 Å². The van der Waals surface area contributed by atoms with Crippen molar-refractivity contribution >= 4 is 28.4 Å². The van der Waals surface area contributed by atoms with Crippen LogP contribution < -0.4 is 15.0 Å². The van der Waals surface area contributed by atoms with Gasteiger partial charge in [-0.15, -0.1) is 0 Å². The molecule has 1 saturated carbocycles. The lowest BCUT2D eigenvalue weighted by atomic mass is 10.2. The number of aromatic nitrogens is 5. The van der Waals surface area contributed by atoms with E-state index in [-0.39, 0.29) is 11.8 Å². The lowest BCUT2D eigenvalue weighted by Gasteiger charge is -2.36. The molecule has 2 aliphatic rings. The number of anilines is 3. The van der Waals surface area contributed by atoms with Gasteiger partial charge < -0.3 is 25.0 Å². The quantitative estimate of drug-likeness (QED) is 0.365. The van der Waals surface area contributed by atoms with Crippen LogP contribution in [0.4, 0.5) is 21.8 Å². The second-order valence-corrected chi connectivity index (χ2v) is 8.45. The highest BCUT2D eigenvalue weighted by Gasteiger charge is 2.28. The number of H-pyrrole nitrogens is 2. The summed E-state index contributed by atoms with van der Waals surface area (Å²) in [5.74, 6) is 1.81. The maximum Gasteiger partial charge on any atom is 0.326 e. The summed E-state index contributed by atoms with van der Waals surface area (Å²) >= 11 is 0. The number of β-amino-alcohol motifs (C(OH)–C–C–N with tert-alkyl or cyclic N) is 1. The molecule has 0 spiro atoms. The number of ether oxygens (including phenoxy) is 1. The number of benzene rings is 1. The van der Waals surface area contributed by atoms with Crippen LogP contribution >= 0.6 is 0 Å². The highest BCUT2D eigenvalue weighted by molar-refractivity contribution is 5.82. The number of fused-ring (bicyclic) bond motifs is 1. The number of aryl methyl sites for hydroxylation is 1. The first-order valence-corrected chi connectivity index (χ1v) is 10.6. The summed E-state index contributed by atoms with van der Waals surface area (Å²) in [5.41, 5.74) is 2.66. The van der Waals surface area contributed by atoms with Gasteiger partial charge in [0.2, 0.25) is 0 Å². The number of nitrogens with one attached hydrogen (secondary N) is 3. The van der Waals surface area contributed by atoms with Crippen molar-refractivity contribution in [1.29, 1.82) is 0 Å². The van der Waals surface area contributed by atoms with Crippen molar-refractivity contribution in [3.05, 3.63) is 47.5 Å². The van der Waals surface area contributed by atoms with Crippen LogP contribution in [0.3, 0.4) is 0 Å². The molecule has 6 rings (SSSR count). The molecule has 1 aliphatic carbocycles. The minimum atomic E-state index is -0.476. The van der Waals surface area contributed by atoms with E-state index in [2.05, 4.69) is 30.5 Å². The molecule has 0 unspecified atom stereocenters. The second kappa shape index (κ2) is 7.20. The van der Waals surface area contributed by atoms with E-state index < -0.39 is 11.9 Å². The van der Waals surface area contributed by atoms with E-state index in [9.17, 15) is 5.11 Å². The SMILES string of the molecule is Cc1cc2c(F)c(Oc3nc(Nc4cc(C5CC5)[nH]n4)cc(N4CC(O)C4)n3)ccc2[nH]1. The standard InChI is InChI=1S/C22H22FN7O2/c1-11-6-14-15(24-11)4-5-17(21(14)23)32-22-26-18(8-20(27-22)30-9-13(31)10-30)25-19-7-16(28-29-19)12-2-3-12/h4-8,12-13,24,31H,2-3,9-10H2,1H3,(H2,25,26,27,28,29). The lowest BCUT2D eigenvalue weighted by Crippen LogP contribution is -2.51. The predicted molar refractivity (Wildman–Crippen MR) is 117 cm³/mol. The van der Waals surface area contributed by atoms with Crippen molar-refractivity contribution in [2.24, 2.45) is 0 Å². The summed E-state index contributed by atoms with van der Waals surface area (Å²) in [6, 6.07) is 8.79. The fraction of sp³-hybridized carbons (Fsp3) is 0.318. The van der Waals surface area contributed by atoms with E-state index >= 15 is 4.39 Å². The summed E-state index contributed by atoms with van der Waals surface area (Å²) in [4.78, 5) is 13.9. The molecule has 164 valence electrons. The van der Waals surface area contributed by atoms with E-state index in [1.165, 1.54) is 12.8 Å². The third-order valence-corrected chi connectivity index (χ3v) is 5.79. The first kappa shape index (κ1) is 19.1.